The van der Waals surface area contributed by atoms with E-state index in [2.05, 4.69) is 32.8 Å². The molecular weight excluding hydrogens is 332 g/mol. The number of rotatable bonds is 4. The summed E-state index contributed by atoms with van der Waals surface area (Å²) in [5.41, 5.74) is 1.08. The summed E-state index contributed by atoms with van der Waals surface area (Å²) in [6.07, 6.45) is 5.77. The first-order valence-corrected chi connectivity index (χ1v) is 9.29. The van der Waals surface area contributed by atoms with E-state index in [4.69, 9.17) is 0 Å². The number of hydrogen-bond acceptors (Lipinski definition) is 5. The molecule has 0 saturated carbocycles. The molecule has 1 amide bonds. The average molecular weight is 359 g/mol. The summed E-state index contributed by atoms with van der Waals surface area (Å²) in [5.74, 6) is 0.248. The van der Waals surface area contributed by atoms with Crippen LogP contribution in [0.1, 0.15) is 44.7 Å². The predicted molar refractivity (Wildman–Crippen MR) is 97.3 cm³/mol. The predicted octanol–water partition coefficient (Wildman–Crippen LogP) is 2.88. The number of piperidine rings is 2. The quantitative estimate of drug-likeness (QED) is 0.868. The van der Waals surface area contributed by atoms with Crippen LogP contribution in [-0.4, -0.2) is 41.5 Å². The summed E-state index contributed by atoms with van der Waals surface area (Å²) in [4.78, 5) is 19.4. The zero-order chi connectivity index (χ0) is 15.4. The SMILES string of the molecule is C[C@H]1C[C@@H](C(=O)Nc2nc(CN3CCCCC3)cs2)CCN1.Cl. The summed E-state index contributed by atoms with van der Waals surface area (Å²) < 4.78 is 0. The van der Waals surface area contributed by atoms with Crippen molar-refractivity contribution in [3.05, 3.63) is 11.1 Å². The Bertz CT molecular complexity index is 504. The summed E-state index contributed by atoms with van der Waals surface area (Å²) in [5, 5.41) is 9.23. The molecule has 2 aliphatic heterocycles. The molecule has 2 N–H and O–H groups in total. The Morgan fingerprint density at radius 3 is 2.96 bits per heavy atom. The van der Waals surface area contributed by atoms with E-state index in [1.165, 1.54) is 32.4 Å². The largest absolute Gasteiger partial charge is 0.314 e. The van der Waals surface area contributed by atoms with Gasteiger partial charge in [-0.3, -0.25) is 9.69 Å². The van der Waals surface area contributed by atoms with E-state index in [0.717, 1.165) is 36.8 Å². The third-order valence-electron chi connectivity index (χ3n) is 4.61. The highest BCUT2D eigenvalue weighted by Crippen LogP contribution is 2.22. The molecule has 0 bridgehead atoms. The second kappa shape index (κ2) is 8.97. The van der Waals surface area contributed by atoms with Crippen molar-refractivity contribution in [3.8, 4) is 0 Å². The van der Waals surface area contributed by atoms with Gasteiger partial charge in [0.25, 0.3) is 0 Å². The molecule has 0 radical (unpaired) electrons. The molecule has 0 spiro atoms. The molecule has 1 aromatic rings. The number of amides is 1. The van der Waals surface area contributed by atoms with Crippen LogP contribution in [0.4, 0.5) is 5.13 Å². The van der Waals surface area contributed by atoms with Crippen molar-refractivity contribution in [2.45, 2.75) is 51.6 Å². The Morgan fingerprint density at radius 1 is 1.43 bits per heavy atom. The third kappa shape index (κ3) is 5.41. The zero-order valence-corrected chi connectivity index (χ0v) is 15.3. The number of halogens is 1. The van der Waals surface area contributed by atoms with Gasteiger partial charge in [-0.1, -0.05) is 6.42 Å². The first-order chi connectivity index (χ1) is 10.7. The van der Waals surface area contributed by atoms with Gasteiger partial charge in [-0.15, -0.1) is 23.7 Å². The molecule has 3 rings (SSSR count). The normalized spacial score (nSPS) is 25.6. The molecule has 0 unspecified atom stereocenters. The van der Waals surface area contributed by atoms with Gasteiger partial charge in [-0.05, 0) is 52.2 Å². The summed E-state index contributed by atoms with van der Waals surface area (Å²) in [6.45, 7) is 6.33. The summed E-state index contributed by atoms with van der Waals surface area (Å²) in [7, 11) is 0. The Labute approximate surface area is 148 Å². The Hall–Kier alpha value is -0.690. The van der Waals surface area contributed by atoms with E-state index in [-0.39, 0.29) is 24.2 Å². The first kappa shape index (κ1) is 18.6. The van der Waals surface area contributed by atoms with Crippen LogP contribution in [0.5, 0.6) is 0 Å². The van der Waals surface area contributed by atoms with E-state index >= 15 is 0 Å². The lowest BCUT2D eigenvalue weighted by molar-refractivity contribution is -0.120. The third-order valence-corrected chi connectivity index (χ3v) is 5.42. The second-order valence-corrected chi connectivity index (χ2v) is 7.40. The number of carbonyl (C=O) groups excluding carboxylic acids is 1. The highest BCUT2D eigenvalue weighted by atomic mass is 35.5. The van der Waals surface area contributed by atoms with Crippen LogP contribution >= 0.6 is 23.7 Å². The zero-order valence-electron chi connectivity index (χ0n) is 13.7. The summed E-state index contributed by atoms with van der Waals surface area (Å²) >= 11 is 1.55. The minimum atomic E-state index is 0. The van der Waals surface area contributed by atoms with Crippen molar-refractivity contribution in [2.75, 3.05) is 25.0 Å². The number of likely N-dealkylation sites (tertiary alicyclic amines) is 1. The lowest BCUT2D eigenvalue weighted by atomic mass is 9.93. The van der Waals surface area contributed by atoms with Crippen molar-refractivity contribution in [1.82, 2.24) is 15.2 Å². The van der Waals surface area contributed by atoms with Gasteiger partial charge in [0.05, 0.1) is 5.69 Å². The highest BCUT2D eigenvalue weighted by molar-refractivity contribution is 7.13. The molecule has 0 aliphatic carbocycles. The average Bonchev–Trinajstić information content (AvgIpc) is 2.95. The maximum absolute atomic E-state index is 12.3. The second-order valence-electron chi connectivity index (χ2n) is 6.55. The Kier molecular flexibility index (Phi) is 7.27. The minimum Gasteiger partial charge on any atom is -0.314 e. The number of anilines is 1. The standard InChI is InChI=1S/C16H26N4OS.ClH/c1-12-9-13(5-6-17-12)15(21)19-16-18-14(11-22-16)10-20-7-3-2-4-8-20;/h11-13,17H,2-10H2,1H3,(H,18,19,21);1H/t12-,13-;/m0./s1. The van der Waals surface area contributed by atoms with Gasteiger partial charge in [0.1, 0.15) is 0 Å². The molecule has 1 aromatic heterocycles. The maximum Gasteiger partial charge on any atom is 0.229 e. The first-order valence-electron chi connectivity index (χ1n) is 8.42. The Balaban J connectivity index is 0.00000192. The molecular formula is C16H27ClN4OS. The molecule has 2 saturated heterocycles. The van der Waals surface area contributed by atoms with Crippen molar-refractivity contribution < 1.29 is 4.79 Å². The van der Waals surface area contributed by atoms with E-state index in [0.29, 0.717) is 6.04 Å². The van der Waals surface area contributed by atoms with Gasteiger partial charge in [0, 0.05) is 23.9 Å². The molecule has 2 aliphatic rings. The molecule has 5 nitrogen and oxygen atoms in total. The number of hydrogen-bond donors (Lipinski definition) is 2. The minimum absolute atomic E-state index is 0. The molecule has 23 heavy (non-hydrogen) atoms. The number of aromatic nitrogens is 1. The molecule has 7 heteroatoms. The van der Waals surface area contributed by atoms with Crippen molar-refractivity contribution in [2.24, 2.45) is 5.92 Å². The van der Waals surface area contributed by atoms with Gasteiger partial charge in [0.2, 0.25) is 5.91 Å². The van der Waals surface area contributed by atoms with Gasteiger partial charge in [-0.2, -0.15) is 0 Å². The van der Waals surface area contributed by atoms with Gasteiger partial charge < -0.3 is 10.6 Å². The number of nitrogens with zero attached hydrogens (tertiary/aromatic N) is 2. The van der Waals surface area contributed by atoms with Gasteiger partial charge >= 0.3 is 0 Å². The lowest BCUT2D eigenvalue weighted by Crippen LogP contribution is -2.40. The fraction of sp³-hybridized carbons (Fsp3) is 0.750. The highest BCUT2D eigenvalue weighted by Gasteiger charge is 2.25. The van der Waals surface area contributed by atoms with Crippen LogP contribution in [0.2, 0.25) is 0 Å². The topological polar surface area (TPSA) is 57.3 Å². The monoisotopic (exact) mass is 358 g/mol. The Morgan fingerprint density at radius 2 is 2.22 bits per heavy atom. The molecule has 2 fully saturated rings. The fourth-order valence-corrected chi connectivity index (χ4v) is 4.07. The summed E-state index contributed by atoms with van der Waals surface area (Å²) in [6, 6.07) is 0.426. The van der Waals surface area contributed by atoms with Gasteiger partial charge in [0.15, 0.2) is 5.13 Å². The number of nitrogens with one attached hydrogen (secondary N) is 2. The van der Waals surface area contributed by atoms with Crippen LogP contribution in [0.15, 0.2) is 5.38 Å². The molecule has 3 heterocycles. The number of carbonyl (C=O) groups is 1. The number of thiazole rings is 1. The van der Waals surface area contributed by atoms with E-state index in [1.54, 1.807) is 11.3 Å². The van der Waals surface area contributed by atoms with Crippen LogP contribution in [-0.2, 0) is 11.3 Å². The van der Waals surface area contributed by atoms with E-state index < -0.39 is 0 Å². The van der Waals surface area contributed by atoms with Crippen molar-refractivity contribution in [1.29, 1.82) is 0 Å². The maximum atomic E-state index is 12.3. The lowest BCUT2D eigenvalue weighted by Gasteiger charge is -2.26. The van der Waals surface area contributed by atoms with Crippen LogP contribution in [0.25, 0.3) is 0 Å². The van der Waals surface area contributed by atoms with E-state index in [9.17, 15) is 4.79 Å². The van der Waals surface area contributed by atoms with Gasteiger partial charge in [-0.25, -0.2) is 4.98 Å². The van der Waals surface area contributed by atoms with Crippen LogP contribution in [0.3, 0.4) is 0 Å². The smallest absolute Gasteiger partial charge is 0.229 e. The van der Waals surface area contributed by atoms with Crippen molar-refractivity contribution in [3.63, 3.8) is 0 Å². The molecule has 130 valence electrons. The van der Waals surface area contributed by atoms with Crippen LogP contribution < -0.4 is 10.6 Å². The van der Waals surface area contributed by atoms with Crippen LogP contribution in [0, 0.1) is 5.92 Å². The van der Waals surface area contributed by atoms with Crippen molar-refractivity contribution >= 4 is 34.8 Å². The molecule has 2 atom stereocenters. The fourth-order valence-electron chi connectivity index (χ4n) is 3.36. The molecule has 0 aromatic carbocycles. The van der Waals surface area contributed by atoms with E-state index in [1.807, 2.05) is 0 Å².